The zero-order chi connectivity index (χ0) is 23.1. The molecule has 0 aliphatic rings. The summed E-state index contributed by atoms with van der Waals surface area (Å²) in [6, 6.07) is 22.4. The van der Waals surface area contributed by atoms with Crippen molar-refractivity contribution in [3.05, 3.63) is 95.6 Å². The quantitative estimate of drug-likeness (QED) is 0.495. The largest absolute Gasteiger partial charge is 0.489 e. The fourth-order valence-corrected chi connectivity index (χ4v) is 4.85. The van der Waals surface area contributed by atoms with Crippen LogP contribution in [-0.2, 0) is 27.8 Å². The van der Waals surface area contributed by atoms with Gasteiger partial charge >= 0.3 is 5.97 Å². The normalized spacial score (nSPS) is 12.5. The molecule has 0 spiro atoms. The fourth-order valence-electron chi connectivity index (χ4n) is 3.26. The standard InChI is InChI=1S/C25H27NO5S/c1-19-11-13-24(14-12-19)32(29,30)26(20(2)25(27)28)16-15-21-9-6-10-23(17-21)31-18-22-7-4-3-5-8-22/h3-14,17,20H,15-16,18H2,1-2H3,(H,27,28). The van der Waals surface area contributed by atoms with Gasteiger partial charge in [-0.3, -0.25) is 4.79 Å². The van der Waals surface area contributed by atoms with E-state index in [1.807, 2.05) is 61.5 Å². The minimum Gasteiger partial charge on any atom is -0.489 e. The molecule has 3 aromatic rings. The predicted octanol–water partition coefficient (Wildman–Crippen LogP) is 4.28. The molecule has 0 aliphatic carbocycles. The molecule has 0 saturated carbocycles. The Labute approximate surface area is 189 Å². The van der Waals surface area contributed by atoms with Gasteiger partial charge in [0.15, 0.2) is 0 Å². The van der Waals surface area contributed by atoms with Crippen molar-refractivity contribution in [3.63, 3.8) is 0 Å². The van der Waals surface area contributed by atoms with Gasteiger partial charge in [0.25, 0.3) is 0 Å². The molecule has 168 valence electrons. The van der Waals surface area contributed by atoms with Crippen LogP contribution in [0.2, 0.25) is 0 Å². The van der Waals surface area contributed by atoms with Crippen LogP contribution in [0.25, 0.3) is 0 Å². The van der Waals surface area contributed by atoms with Crippen molar-refractivity contribution in [1.29, 1.82) is 0 Å². The van der Waals surface area contributed by atoms with E-state index in [1.54, 1.807) is 12.1 Å². The van der Waals surface area contributed by atoms with Crippen LogP contribution in [0.5, 0.6) is 5.75 Å². The SMILES string of the molecule is Cc1ccc(S(=O)(=O)N(CCc2cccc(OCc3ccccc3)c2)C(C)C(=O)O)cc1. The highest BCUT2D eigenvalue weighted by molar-refractivity contribution is 7.89. The van der Waals surface area contributed by atoms with Gasteiger partial charge in [-0.1, -0.05) is 60.2 Å². The van der Waals surface area contributed by atoms with E-state index >= 15 is 0 Å². The highest BCUT2D eigenvalue weighted by Gasteiger charge is 2.32. The first-order valence-corrected chi connectivity index (χ1v) is 11.8. The molecule has 1 N–H and O–H groups in total. The molecule has 1 unspecified atom stereocenters. The van der Waals surface area contributed by atoms with Crippen LogP contribution >= 0.6 is 0 Å². The summed E-state index contributed by atoms with van der Waals surface area (Å²) in [6.07, 6.45) is 0.352. The number of rotatable bonds is 10. The molecule has 7 heteroatoms. The van der Waals surface area contributed by atoms with Gasteiger partial charge in [-0.15, -0.1) is 0 Å². The van der Waals surface area contributed by atoms with Gasteiger partial charge in [0.1, 0.15) is 18.4 Å². The number of hydrogen-bond donors (Lipinski definition) is 1. The Morgan fingerprint density at radius 3 is 2.28 bits per heavy atom. The zero-order valence-corrected chi connectivity index (χ0v) is 19.0. The summed E-state index contributed by atoms with van der Waals surface area (Å²) in [5.74, 6) is -0.522. The highest BCUT2D eigenvalue weighted by atomic mass is 32.2. The van der Waals surface area contributed by atoms with Crippen molar-refractivity contribution >= 4 is 16.0 Å². The summed E-state index contributed by atoms with van der Waals surface area (Å²) in [6.45, 7) is 3.70. The number of benzene rings is 3. The third-order valence-electron chi connectivity index (χ3n) is 5.18. The summed E-state index contributed by atoms with van der Waals surface area (Å²) in [7, 11) is -3.97. The molecule has 3 aromatic carbocycles. The third kappa shape index (κ3) is 5.96. The van der Waals surface area contributed by atoms with Gasteiger partial charge in [-0.2, -0.15) is 4.31 Å². The first kappa shape index (κ1) is 23.5. The maximum atomic E-state index is 13.2. The summed E-state index contributed by atoms with van der Waals surface area (Å²) in [5, 5.41) is 9.50. The molecule has 0 aliphatic heterocycles. The van der Waals surface area contributed by atoms with E-state index in [2.05, 4.69) is 0 Å². The van der Waals surface area contributed by atoms with Gasteiger partial charge in [0.2, 0.25) is 10.0 Å². The van der Waals surface area contributed by atoms with Gasteiger partial charge in [0.05, 0.1) is 4.90 Å². The van der Waals surface area contributed by atoms with E-state index in [1.165, 1.54) is 19.1 Å². The number of aliphatic carboxylic acids is 1. The van der Waals surface area contributed by atoms with E-state index in [0.717, 1.165) is 21.0 Å². The lowest BCUT2D eigenvalue weighted by Crippen LogP contribution is -2.44. The van der Waals surface area contributed by atoms with E-state index < -0.39 is 22.0 Å². The molecule has 0 radical (unpaired) electrons. The second-order valence-corrected chi connectivity index (χ2v) is 9.51. The van der Waals surface area contributed by atoms with Crippen molar-refractivity contribution in [2.24, 2.45) is 0 Å². The summed E-state index contributed by atoms with van der Waals surface area (Å²) in [4.78, 5) is 11.7. The molecule has 0 heterocycles. The Morgan fingerprint density at radius 2 is 1.62 bits per heavy atom. The third-order valence-corrected chi connectivity index (χ3v) is 7.17. The van der Waals surface area contributed by atoms with Crippen molar-refractivity contribution in [2.75, 3.05) is 6.54 Å². The van der Waals surface area contributed by atoms with Crippen LogP contribution in [0.1, 0.15) is 23.6 Å². The molecule has 3 rings (SSSR count). The monoisotopic (exact) mass is 453 g/mol. The van der Waals surface area contributed by atoms with E-state index in [9.17, 15) is 18.3 Å². The van der Waals surface area contributed by atoms with E-state index in [0.29, 0.717) is 18.8 Å². The van der Waals surface area contributed by atoms with Crippen LogP contribution in [-0.4, -0.2) is 36.4 Å². The lowest BCUT2D eigenvalue weighted by molar-refractivity contribution is -0.140. The summed E-state index contributed by atoms with van der Waals surface area (Å²) < 4.78 is 33.2. The maximum absolute atomic E-state index is 13.2. The molecule has 1 atom stereocenters. The molecule has 0 saturated heterocycles. The number of carbonyl (C=O) groups is 1. The molecule has 6 nitrogen and oxygen atoms in total. The van der Waals surface area contributed by atoms with Crippen molar-refractivity contribution in [1.82, 2.24) is 4.31 Å². The van der Waals surface area contributed by atoms with Crippen LogP contribution < -0.4 is 4.74 Å². The number of sulfonamides is 1. The molecule has 0 aromatic heterocycles. The minimum atomic E-state index is -3.97. The number of carboxylic acid groups (broad SMARTS) is 1. The van der Waals surface area contributed by atoms with Crippen molar-refractivity contribution < 1.29 is 23.1 Å². The first-order valence-electron chi connectivity index (χ1n) is 10.3. The molecule has 0 bridgehead atoms. The lowest BCUT2D eigenvalue weighted by atomic mass is 10.1. The number of hydrogen-bond acceptors (Lipinski definition) is 4. The predicted molar refractivity (Wildman–Crippen MR) is 123 cm³/mol. The second-order valence-electron chi connectivity index (χ2n) is 7.61. The Morgan fingerprint density at radius 1 is 0.969 bits per heavy atom. The number of nitrogens with zero attached hydrogens (tertiary/aromatic N) is 1. The number of aryl methyl sites for hydroxylation is 1. The Bertz CT molecular complexity index is 1140. The first-order chi connectivity index (χ1) is 15.3. The summed E-state index contributed by atoms with van der Waals surface area (Å²) in [5.41, 5.74) is 2.83. The van der Waals surface area contributed by atoms with Gasteiger partial charge in [-0.05, 0) is 55.7 Å². The number of ether oxygens (including phenoxy) is 1. The molecule has 0 fully saturated rings. The fraction of sp³-hybridized carbons (Fsp3) is 0.240. The van der Waals surface area contributed by atoms with Crippen LogP contribution in [0.15, 0.2) is 83.8 Å². The molecule has 32 heavy (non-hydrogen) atoms. The van der Waals surface area contributed by atoms with Gasteiger partial charge < -0.3 is 9.84 Å². The van der Waals surface area contributed by atoms with Crippen molar-refractivity contribution in [2.45, 2.75) is 37.8 Å². The highest BCUT2D eigenvalue weighted by Crippen LogP contribution is 2.21. The Kier molecular flexibility index (Phi) is 7.66. The van der Waals surface area contributed by atoms with Crippen molar-refractivity contribution in [3.8, 4) is 5.75 Å². The van der Waals surface area contributed by atoms with Crippen LogP contribution in [0.4, 0.5) is 0 Å². The van der Waals surface area contributed by atoms with Crippen LogP contribution in [0.3, 0.4) is 0 Å². The topological polar surface area (TPSA) is 83.9 Å². The maximum Gasteiger partial charge on any atom is 0.321 e. The number of carboxylic acids is 1. The van der Waals surface area contributed by atoms with E-state index in [-0.39, 0.29) is 11.4 Å². The zero-order valence-electron chi connectivity index (χ0n) is 18.1. The lowest BCUT2D eigenvalue weighted by Gasteiger charge is -2.26. The average Bonchev–Trinajstić information content (AvgIpc) is 2.79. The second kappa shape index (κ2) is 10.4. The Balaban J connectivity index is 1.75. The smallest absolute Gasteiger partial charge is 0.321 e. The van der Waals surface area contributed by atoms with E-state index in [4.69, 9.17) is 4.74 Å². The van der Waals surface area contributed by atoms with Crippen LogP contribution in [0, 0.1) is 6.92 Å². The minimum absolute atomic E-state index is 0.0335. The Hall–Kier alpha value is -3.16. The van der Waals surface area contributed by atoms with Gasteiger partial charge in [0, 0.05) is 6.54 Å². The average molecular weight is 454 g/mol. The summed E-state index contributed by atoms with van der Waals surface area (Å²) >= 11 is 0. The molecular formula is C25H27NO5S. The van der Waals surface area contributed by atoms with Gasteiger partial charge in [-0.25, -0.2) is 8.42 Å². The molecular weight excluding hydrogens is 426 g/mol. The molecule has 0 amide bonds.